The molecule has 0 aliphatic carbocycles. The van der Waals surface area contributed by atoms with E-state index in [4.69, 9.17) is 5.73 Å². The summed E-state index contributed by atoms with van der Waals surface area (Å²) in [5, 5.41) is 4.16. The van der Waals surface area contributed by atoms with Crippen LogP contribution in [0.3, 0.4) is 0 Å². The van der Waals surface area contributed by atoms with Crippen LogP contribution in [-0.4, -0.2) is 16.3 Å². The van der Waals surface area contributed by atoms with E-state index >= 15 is 0 Å². The van der Waals surface area contributed by atoms with E-state index in [1.165, 1.54) is 5.69 Å². The van der Waals surface area contributed by atoms with Gasteiger partial charge in [-0.1, -0.05) is 6.92 Å². The monoisotopic (exact) mass is 153 g/mol. The number of aryl methyl sites for hydroxylation is 1. The molecule has 1 atom stereocenters. The Balaban J connectivity index is 2.56. The van der Waals surface area contributed by atoms with Crippen LogP contribution in [0.25, 0.3) is 0 Å². The third-order valence-electron chi connectivity index (χ3n) is 1.82. The minimum absolute atomic E-state index is 0.508. The minimum Gasteiger partial charge on any atom is -0.330 e. The molecular formula is C8H15N3. The van der Waals surface area contributed by atoms with Gasteiger partial charge in [0.15, 0.2) is 0 Å². The Hall–Kier alpha value is -0.830. The van der Waals surface area contributed by atoms with Crippen LogP contribution in [0.15, 0.2) is 12.3 Å². The maximum atomic E-state index is 5.50. The molecule has 1 aromatic rings. The van der Waals surface area contributed by atoms with Crippen LogP contribution in [-0.2, 0) is 6.54 Å². The van der Waals surface area contributed by atoms with E-state index < -0.39 is 0 Å². The van der Waals surface area contributed by atoms with Gasteiger partial charge in [0.25, 0.3) is 0 Å². The second kappa shape index (κ2) is 3.53. The molecule has 1 aromatic heterocycles. The van der Waals surface area contributed by atoms with Crippen molar-refractivity contribution in [2.75, 3.05) is 6.54 Å². The molecule has 0 aromatic carbocycles. The lowest BCUT2D eigenvalue weighted by atomic mass is 10.2. The molecule has 0 spiro atoms. The predicted octanol–water partition coefficient (Wildman–Crippen LogP) is 0.786. The molecule has 62 valence electrons. The van der Waals surface area contributed by atoms with Crippen molar-refractivity contribution in [3.8, 4) is 0 Å². The maximum Gasteiger partial charge on any atom is 0.0492 e. The number of hydrogen-bond acceptors (Lipinski definition) is 2. The van der Waals surface area contributed by atoms with Crippen LogP contribution < -0.4 is 5.73 Å². The van der Waals surface area contributed by atoms with Gasteiger partial charge in [0.1, 0.15) is 0 Å². The lowest BCUT2D eigenvalue weighted by Crippen LogP contribution is -2.18. The van der Waals surface area contributed by atoms with Crippen LogP contribution in [0.2, 0.25) is 0 Å². The van der Waals surface area contributed by atoms with E-state index in [1.54, 1.807) is 0 Å². The van der Waals surface area contributed by atoms with E-state index in [0.29, 0.717) is 5.92 Å². The largest absolute Gasteiger partial charge is 0.330 e. The maximum absolute atomic E-state index is 5.50. The van der Waals surface area contributed by atoms with Gasteiger partial charge >= 0.3 is 0 Å². The molecule has 11 heavy (non-hydrogen) atoms. The molecule has 0 aliphatic heterocycles. The minimum atomic E-state index is 0.508. The molecule has 2 N–H and O–H groups in total. The second-order valence-electron chi connectivity index (χ2n) is 3.00. The van der Waals surface area contributed by atoms with E-state index in [0.717, 1.165) is 13.1 Å². The molecule has 3 nitrogen and oxygen atoms in total. The van der Waals surface area contributed by atoms with E-state index in [9.17, 15) is 0 Å². The molecule has 0 fully saturated rings. The van der Waals surface area contributed by atoms with Crippen molar-refractivity contribution in [2.45, 2.75) is 20.4 Å². The molecule has 0 bridgehead atoms. The first-order valence-electron chi connectivity index (χ1n) is 3.92. The summed E-state index contributed by atoms with van der Waals surface area (Å²) in [6.45, 7) is 5.83. The SMILES string of the molecule is Cc1ccnn1C[C@H](C)CN. The predicted molar refractivity (Wildman–Crippen MR) is 45.2 cm³/mol. The zero-order chi connectivity index (χ0) is 8.27. The highest BCUT2D eigenvalue weighted by Crippen LogP contribution is 2.01. The summed E-state index contributed by atoms with van der Waals surface area (Å²) in [4.78, 5) is 0. The summed E-state index contributed by atoms with van der Waals surface area (Å²) in [5.74, 6) is 0.508. The first-order valence-corrected chi connectivity index (χ1v) is 3.92. The topological polar surface area (TPSA) is 43.8 Å². The van der Waals surface area contributed by atoms with Crippen LogP contribution in [0, 0.1) is 12.8 Å². The standard InChI is InChI=1S/C8H15N3/c1-7(5-9)6-11-8(2)3-4-10-11/h3-4,7H,5-6,9H2,1-2H3/t7-/m1/s1. The van der Waals surface area contributed by atoms with Crippen molar-refractivity contribution in [1.29, 1.82) is 0 Å². The van der Waals surface area contributed by atoms with E-state index in [-0.39, 0.29) is 0 Å². The fourth-order valence-corrected chi connectivity index (χ4v) is 0.960. The average molecular weight is 153 g/mol. The quantitative estimate of drug-likeness (QED) is 0.697. The molecule has 1 rings (SSSR count). The molecule has 0 radical (unpaired) electrons. The molecule has 0 saturated heterocycles. The lowest BCUT2D eigenvalue weighted by Gasteiger charge is -2.09. The van der Waals surface area contributed by atoms with Crippen LogP contribution in [0.1, 0.15) is 12.6 Å². The zero-order valence-corrected chi connectivity index (χ0v) is 7.12. The summed E-state index contributed by atoms with van der Waals surface area (Å²) in [5.41, 5.74) is 6.70. The van der Waals surface area contributed by atoms with Crippen LogP contribution >= 0.6 is 0 Å². The van der Waals surface area contributed by atoms with Crippen molar-refractivity contribution in [2.24, 2.45) is 11.7 Å². The molecule has 1 heterocycles. The third kappa shape index (κ3) is 2.05. The summed E-state index contributed by atoms with van der Waals surface area (Å²) in [7, 11) is 0. The van der Waals surface area contributed by atoms with Gasteiger partial charge in [-0.05, 0) is 25.5 Å². The van der Waals surface area contributed by atoms with Gasteiger partial charge in [-0.3, -0.25) is 4.68 Å². The lowest BCUT2D eigenvalue weighted by molar-refractivity contribution is 0.451. The molecular weight excluding hydrogens is 138 g/mol. The molecule has 0 unspecified atom stereocenters. The van der Waals surface area contributed by atoms with Gasteiger partial charge in [-0.2, -0.15) is 5.10 Å². The summed E-state index contributed by atoms with van der Waals surface area (Å²) < 4.78 is 1.98. The van der Waals surface area contributed by atoms with Crippen LogP contribution in [0.5, 0.6) is 0 Å². The highest BCUT2D eigenvalue weighted by atomic mass is 15.3. The van der Waals surface area contributed by atoms with Crippen molar-refractivity contribution < 1.29 is 0 Å². The zero-order valence-electron chi connectivity index (χ0n) is 7.12. The number of nitrogens with two attached hydrogens (primary N) is 1. The Morgan fingerprint density at radius 3 is 2.91 bits per heavy atom. The van der Waals surface area contributed by atoms with Gasteiger partial charge in [0.05, 0.1) is 0 Å². The smallest absolute Gasteiger partial charge is 0.0492 e. The Bertz CT molecular complexity index is 217. The molecule has 0 amide bonds. The first kappa shape index (κ1) is 8.27. The van der Waals surface area contributed by atoms with Crippen LogP contribution in [0.4, 0.5) is 0 Å². The van der Waals surface area contributed by atoms with Crippen molar-refractivity contribution in [3.05, 3.63) is 18.0 Å². The van der Waals surface area contributed by atoms with Gasteiger partial charge < -0.3 is 5.73 Å². The fourth-order valence-electron chi connectivity index (χ4n) is 0.960. The Labute approximate surface area is 67.2 Å². The van der Waals surface area contributed by atoms with Crippen molar-refractivity contribution >= 4 is 0 Å². The number of aromatic nitrogens is 2. The van der Waals surface area contributed by atoms with Gasteiger partial charge in [-0.25, -0.2) is 0 Å². The number of hydrogen-bond donors (Lipinski definition) is 1. The molecule has 3 heteroatoms. The van der Waals surface area contributed by atoms with Gasteiger partial charge in [0.2, 0.25) is 0 Å². The fraction of sp³-hybridized carbons (Fsp3) is 0.625. The number of nitrogens with zero attached hydrogens (tertiary/aromatic N) is 2. The van der Waals surface area contributed by atoms with Crippen molar-refractivity contribution in [1.82, 2.24) is 9.78 Å². The summed E-state index contributed by atoms with van der Waals surface area (Å²) in [6.07, 6.45) is 1.82. The summed E-state index contributed by atoms with van der Waals surface area (Å²) in [6, 6.07) is 2.00. The highest BCUT2D eigenvalue weighted by molar-refractivity contribution is 4.96. The van der Waals surface area contributed by atoms with E-state index in [1.807, 2.05) is 16.9 Å². The highest BCUT2D eigenvalue weighted by Gasteiger charge is 2.01. The van der Waals surface area contributed by atoms with Gasteiger partial charge in [-0.15, -0.1) is 0 Å². The Morgan fingerprint density at radius 1 is 1.73 bits per heavy atom. The number of rotatable bonds is 3. The summed E-state index contributed by atoms with van der Waals surface area (Å²) >= 11 is 0. The molecule has 0 saturated carbocycles. The van der Waals surface area contributed by atoms with Crippen molar-refractivity contribution in [3.63, 3.8) is 0 Å². The normalized spacial score (nSPS) is 13.4. The Kier molecular flexibility index (Phi) is 2.65. The third-order valence-corrected chi connectivity index (χ3v) is 1.82. The average Bonchev–Trinajstić information content (AvgIpc) is 2.37. The van der Waals surface area contributed by atoms with E-state index in [2.05, 4.69) is 18.9 Å². The van der Waals surface area contributed by atoms with Gasteiger partial charge in [0, 0.05) is 18.4 Å². The molecule has 0 aliphatic rings. The second-order valence-corrected chi connectivity index (χ2v) is 3.00. The Morgan fingerprint density at radius 2 is 2.45 bits per heavy atom. The first-order chi connectivity index (χ1) is 5.24.